The molecule has 2 aromatic rings. The van der Waals surface area contributed by atoms with E-state index < -0.39 is 0 Å². The zero-order valence-corrected chi connectivity index (χ0v) is 11.3. The first-order chi connectivity index (χ1) is 9.02. The van der Waals surface area contributed by atoms with Crippen LogP contribution in [0.25, 0.3) is 10.8 Å². The summed E-state index contributed by atoms with van der Waals surface area (Å²) in [6, 6.07) is 5.50. The summed E-state index contributed by atoms with van der Waals surface area (Å²) in [5, 5.41) is 15.8. The van der Waals surface area contributed by atoms with E-state index in [9.17, 15) is 10.1 Å². The average Bonchev–Trinajstić information content (AvgIpc) is 2.38. The molecule has 0 saturated carbocycles. The van der Waals surface area contributed by atoms with Crippen molar-refractivity contribution < 1.29 is 4.92 Å². The summed E-state index contributed by atoms with van der Waals surface area (Å²) in [5.74, 6) is 0. The Morgan fingerprint density at radius 3 is 2.79 bits per heavy atom. The monoisotopic (exact) mass is 259 g/mol. The number of fused-ring (bicyclic) bond motifs is 1. The Morgan fingerprint density at radius 1 is 1.42 bits per heavy atom. The first-order valence-corrected chi connectivity index (χ1v) is 6.33. The van der Waals surface area contributed by atoms with E-state index in [0.717, 1.165) is 23.2 Å². The van der Waals surface area contributed by atoms with Crippen LogP contribution in [0, 0.1) is 17.0 Å². The maximum absolute atomic E-state index is 11.0. The van der Waals surface area contributed by atoms with Gasteiger partial charge in [-0.05, 0) is 32.4 Å². The Kier molecular flexibility index (Phi) is 3.64. The van der Waals surface area contributed by atoms with E-state index in [2.05, 4.69) is 24.1 Å². The number of nitro groups is 1. The fourth-order valence-electron chi connectivity index (χ4n) is 1.98. The van der Waals surface area contributed by atoms with Crippen LogP contribution in [-0.2, 0) is 0 Å². The summed E-state index contributed by atoms with van der Waals surface area (Å²) in [5.41, 5.74) is 1.86. The number of hydrogen-bond acceptors (Lipinski definition) is 4. The Hall–Kier alpha value is -2.17. The largest absolute Gasteiger partial charge is 0.382 e. The lowest BCUT2D eigenvalue weighted by Gasteiger charge is -2.15. The van der Waals surface area contributed by atoms with Crippen molar-refractivity contribution in [2.24, 2.45) is 0 Å². The van der Waals surface area contributed by atoms with Gasteiger partial charge in [-0.15, -0.1) is 0 Å². The van der Waals surface area contributed by atoms with Crippen LogP contribution in [0.5, 0.6) is 0 Å². The van der Waals surface area contributed by atoms with Gasteiger partial charge in [0.1, 0.15) is 0 Å². The number of hydrogen-bond donors (Lipinski definition) is 1. The Labute approximate surface area is 111 Å². The molecule has 1 aromatic heterocycles. The van der Waals surface area contributed by atoms with E-state index in [0.29, 0.717) is 11.4 Å². The minimum atomic E-state index is -0.369. The molecule has 0 radical (unpaired) electrons. The predicted octanol–water partition coefficient (Wildman–Crippen LogP) is 3.66. The fourth-order valence-corrected chi connectivity index (χ4v) is 1.98. The molecule has 0 bridgehead atoms. The van der Waals surface area contributed by atoms with Crippen LogP contribution in [0.15, 0.2) is 24.4 Å². The van der Waals surface area contributed by atoms with Gasteiger partial charge in [0.2, 0.25) is 0 Å². The molecule has 0 aliphatic heterocycles. The molecule has 1 heterocycles. The normalized spacial score (nSPS) is 12.4. The summed E-state index contributed by atoms with van der Waals surface area (Å²) < 4.78 is 0. The molecule has 5 nitrogen and oxygen atoms in total. The number of nitro benzene ring substituents is 1. The second-order valence-corrected chi connectivity index (χ2v) is 4.71. The van der Waals surface area contributed by atoms with Crippen molar-refractivity contribution in [1.82, 2.24) is 4.98 Å². The molecule has 0 aliphatic rings. The quantitative estimate of drug-likeness (QED) is 0.672. The smallest absolute Gasteiger partial charge is 0.278 e. The van der Waals surface area contributed by atoms with Gasteiger partial charge in [-0.1, -0.05) is 6.92 Å². The summed E-state index contributed by atoms with van der Waals surface area (Å²) in [6.45, 7) is 6.06. The molecule has 0 amide bonds. The van der Waals surface area contributed by atoms with Crippen molar-refractivity contribution in [2.45, 2.75) is 33.2 Å². The molecule has 2 rings (SSSR count). The van der Waals surface area contributed by atoms with Gasteiger partial charge in [0, 0.05) is 35.1 Å². The van der Waals surface area contributed by atoms with Crippen molar-refractivity contribution in [3.8, 4) is 0 Å². The molecule has 0 fully saturated rings. The van der Waals surface area contributed by atoms with Crippen LogP contribution in [0.1, 0.15) is 26.0 Å². The molecule has 1 aromatic carbocycles. The zero-order chi connectivity index (χ0) is 14.0. The van der Waals surface area contributed by atoms with E-state index in [1.807, 2.05) is 13.0 Å². The first-order valence-electron chi connectivity index (χ1n) is 6.33. The number of pyridine rings is 1. The number of aryl methyl sites for hydroxylation is 1. The topological polar surface area (TPSA) is 68.1 Å². The SMILES string of the molecule is CCC(C)Nc1ccc([N+](=O)[O-])c2cnc(C)cc12. The maximum atomic E-state index is 11.0. The predicted molar refractivity (Wildman–Crippen MR) is 76.5 cm³/mol. The van der Waals surface area contributed by atoms with E-state index >= 15 is 0 Å². The number of nitrogens with one attached hydrogen (secondary N) is 1. The molecule has 100 valence electrons. The Balaban J connectivity index is 2.63. The minimum Gasteiger partial charge on any atom is -0.382 e. The zero-order valence-electron chi connectivity index (χ0n) is 11.3. The fraction of sp³-hybridized carbons (Fsp3) is 0.357. The molecule has 0 saturated heterocycles. The summed E-state index contributed by atoms with van der Waals surface area (Å²) >= 11 is 0. The van der Waals surface area contributed by atoms with Gasteiger partial charge in [0.25, 0.3) is 5.69 Å². The van der Waals surface area contributed by atoms with E-state index in [1.165, 1.54) is 6.07 Å². The third-order valence-electron chi connectivity index (χ3n) is 3.23. The lowest BCUT2D eigenvalue weighted by atomic mass is 10.1. The van der Waals surface area contributed by atoms with Gasteiger partial charge in [0.15, 0.2) is 0 Å². The number of rotatable bonds is 4. The number of benzene rings is 1. The number of anilines is 1. The van der Waals surface area contributed by atoms with Crippen molar-refractivity contribution in [3.05, 3.63) is 40.2 Å². The minimum absolute atomic E-state index is 0.0946. The van der Waals surface area contributed by atoms with Gasteiger partial charge < -0.3 is 5.32 Å². The maximum Gasteiger partial charge on any atom is 0.278 e. The first kappa shape index (κ1) is 13.3. The van der Waals surface area contributed by atoms with E-state index in [-0.39, 0.29) is 10.6 Å². The number of nitrogens with zero attached hydrogens (tertiary/aromatic N) is 2. The molecular formula is C14H17N3O2. The van der Waals surface area contributed by atoms with E-state index in [1.54, 1.807) is 12.3 Å². The van der Waals surface area contributed by atoms with Crippen LogP contribution < -0.4 is 5.32 Å². The average molecular weight is 259 g/mol. The molecule has 1 atom stereocenters. The van der Waals surface area contributed by atoms with Crippen LogP contribution in [0.3, 0.4) is 0 Å². The highest BCUT2D eigenvalue weighted by Gasteiger charge is 2.15. The van der Waals surface area contributed by atoms with Crippen LogP contribution in [-0.4, -0.2) is 15.9 Å². The highest BCUT2D eigenvalue weighted by atomic mass is 16.6. The summed E-state index contributed by atoms with van der Waals surface area (Å²) in [6.07, 6.45) is 2.56. The van der Waals surface area contributed by atoms with Gasteiger partial charge >= 0.3 is 0 Å². The summed E-state index contributed by atoms with van der Waals surface area (Å²) in [4.78, 5) is 14.8. The molecule has 5 heteroatoms. The molecule has 19 heavy (non-hydrogen) atoms. The Bertz CT molecular complexity index is 625. The van der Waals surface area contributed by atoms with Crippen molar-refractivity contribution in [3.63, 3.8) is 0 Å². The highest BCUT2D eigenvalue weighted by molar-refractivity contribution is 5.99. The molecule has 0 aliphatic carbocycles. The van der Waals surface area contributed by atoms with Crippen LogP contribution in [0.2, 0.25) is 0 Å². The second-order valence-electron chi connectivity index (χ2n) is 4.71. The van der Waals surface area contributed by atoms with E-state index in [4.69, 9.17) is 0 Å². The third-order valence-corrected chi connectivity index (χ3v) is 3.23. The molecular weight excluding hydrogens is 242 g/mol. The van der Waals surface area contributed by atoms with Crippen LogP contribution in [0.4, 0.5) is 11.4 Å². The lowest BCUT2D eigenvalue weighted by Crippen LogP contribution is -2.13. The van der Waals surface area contributed by atoms with Crippen molar-refractivity contribution >= 4 is 22.1 Å². The number of non-ortho nitro benzene ring substituents is 1. The van der Waals surface area contributed by atoms with Gasteiger partial charge in [-0.2, -0.15) is 0 Å². The van der Waals surface area contributed by atoms with Gasteiger partial charge in [-0.25, -0.2) is 0 Å². The molecule has 1 unspecified atom stereocenters. The van der Waals surface area contributed by atoms with Gasteiger partial charge in [-0.3, -0.25) is 15.1 Å². The Morgan fingerprint density at radius 2 is 2.16 bits per heavy atom. The van der Waals surface area contributed by atoms with Crippen molar-refractivity contribution in [1.29, 1.82) is 0 Å². The van der Waals surface area contributed by atoms with Crippen molar-refractivity contribution in [2.75, 3.05) is 5.32 Å². The lowest BCUT2D eigenvalue weighted by molar-refractivity contribution is -0.383. The number of aromatic nitrogens is 1. The second kappa shape index (κ2) is 5.22. The highest BCUT2D eigenvalue weighted by Crippen LogP contribution is 2.31. The third kappa shape index (κ3) is 2.65. The van der Waals surface area contributed by atoms with Gasteiger partial charge in [0.05, 0.1) is 10.3 Å². The molecule has 1 N–H and O–H groups in total. The molecule has 0 spiro atoms. The van der Waals surface area contributed by atoms with Crippen LogP contribution >= 0.6 is 0 Å². The summed E-state index contributed by atoms with van der Waals surface area (Å²) in [7, 11) is 0. The standard InChI is InChI=1S/C14H17N3O2/c1-4-9(2)16-13-5-6-14(17(18)19)12-8-15-10(3)7-11(12)13/h5-9,16H,4H2,1-3H3.